The van der Waals surface area contributed by atoms with Crippen LogP contribution < -0.4 is 10.5 Å². The van der Waals surface area contributed by atoms with Crippen LogP contribution in [0.25, 0.3) is 0 Å². The van der Waals surface area contributed by atoms with Gasteiger partial charge >= 0.3 is 0 Å². The monoisotopic (exact) mass is 251 g/mol. The van der Waals surface area contributed by atoms with E-state index in [0.717, 1.165) is 30.9 Å². The van der Waals surface area contributed by atoms with Crippen molar-refractivity contribution >= 4 is 5.84 Å². The average Bonchev–Trinajstić information content (AvgIpc) is 2.43. The largest absolute Gasteiger partial charge is 0.496 e. The van der Waals surface area contributed by atoms with Gasteiger partial charge in [0.2, 0.25) is 0 Å². The zero-order valence-corrected chi connectivity index (χ0v) is 11.0. The van der Waals surface area contributed by atoms with E-state index in [2.05, 4.69) is 17.0 Å². The average molecular weight is 251 g/mol. The third-order valence-corrected chi connectivity index (χ3v) is 2.85. The summed E-state index contributed by atoms with van der Waals surface area (Å²) >= 11 is 0. The molecule has 0 spiro atoms. The Morgan fingerprint density at radius 3 is 2.78 bits per heavy atom. The number of benzene rings is 1. The molecule has 5 heteroatoms. The molecule has 5 nitrogen and oxygen atoms in total. The molecule has 0 aliphatic heterocycles. The molecule has 0 saturated carbocycles. The van der Waals surface area contributed by atoms with E-state index < -0.39 is 0 Å². The number of ether oxygens (including phenoxy) is 1. The molecule has 0 aliphatic carbocycles. The lowest BCUT2D eigenvalue weighted by Gasteiger charge is -2.21. The number of nitrogens with two attached hydrogens (primary N) is 1. The van der Waals surface area contributed by atoms with Crippen molar-refractivity contribution in [2.45, 2.75) is 19.9 Å². The summed E-state index contributed by atoms with van der Waals surface area (Å²) in [7, 11) is 1.67. The summed E-state index contributed by atoms with van der Waals surface area (Å²) in [5.41, 5.74) is 6.61. The van der Waals surface area contributed by atoms with Gasteiger partial charge in [-0.05, 0) is 12.6 Å². The Bertz CT molecular complexity index is 394. The van der Waals surface area contributed by atoms with Gasteiger partial charge in [-0.1, -0.05) is 30.3 Å². The van der Waals surface area contributed by atoms with Crippen molar-refractivity contribution in [3.8, 4) is 5.75 Å². The van der Waals surface area contributed by atoms with Gasteiger partial charge in [-0.3, -0.25) is 4.90 Å². The summed E-state index contributed by atoms with van der Waals surface area (Å²) in [6, 6.07) is 7.95. The number of nitrogens with zero attached hydrogens (tertiary/aromatic N) is 2. The lowest BCUT2D eigenvalue weighted by molar-refractivity contribution is 0.278. The highest BCUT2D eigenvalue weighted by Crippen LogP contribution is 2.19. The standard InChI is InChI=1S/C13H21N3O2/c1-3-16(9-8-13(14)15-17)10-11-6-4-5-7-12(11)18-2/h4-7,17H,3,8-10H2,1-2H3,(H2,14,15). The number of amidine groups is 1. The molecule has 0 fully saturated rings. The van der Waals surface area contributed by atoms with Crippen LogP contribution in [-0.2, 0) is 6.54 Å². The second-order valence-electron chi connectivity index (χ2n) is 4.02. The molecule has 0 bridgehead atoms. The zero-order valence-electron chi connectivity index (χ0n) is 11.0. The number of hydrogen-bond acceptors (Lipinski definition) is 4. The SMILES string of the molecule is CCN(CCC(N)=NO)Cc1ccccc1OC. The van der Waals surface area contributed by atoms with Crippen LogP contribution in [0.2, 0.25) is 0 Å². The smallest absolute Gasteiger partial charge is 0.140 e. The molecule has 18 heavy (non-hydrogen) atoms. The first kappa shape index (κ1) is 14.3. The summed E-state index contributed by atoms with van der Waals surface area (Å²) in [6.07, 6.45) is 0.555. The predicted octanol–water partition coefficient (Wildman–Crippen LogP) is 1.65. The van der Waals surface area contributed by atoms with Crippen LogP contribution >= 0.6 is 0 Å². The molecule has 0 unspecified atom stereocenters. The topological polar surface area (TPSA) is 71.1 Å². The number of para-hydroxylation sites is 1. The second-order valence-corrected chi connectivity index (χ2v) is 4.02. The van der Waals surface area contributed by atoms with Crippen LogP contribution in [-0.4, -0.2) is 36.1 Å². The fourth-order valence-corrected chi connectivity index (χ4v) is 1.75. The van der Waals surface area contributed by atoms with Crippen molar-refractivity contribution in [1.82, 2.24) is 4.90 Å². The Balaban J connectivity index is 2.62. The van der Waals surface area contributed by atoms with Crippen LogP contribution in [0, 0.1) is 0 Å². The highest BCUT2D eigenvalue weighted by atomic mass is 16.5. The van der Waals surface area contributed by atoms with Crippen LogP contribution in [0.4, 0.5) is 0 Å². The van der Waals surface area contributed by atoms with Crippen molar-refractivity contribution < 1.29 is 9.94 Å². The van der Waals surface area contributed by atoms with Gasteiger partial charge in [0, 0.05) is 25.1 Å². The molecule has 0 heterocycles. The molecule has 100 valence electrons. The second kappa shape index (κ2) is 7.55. The van der Waals surface area contributed by atoms with E-state index in [1.165, 1.54) is 0 Å². The molecule has 0 atom stereocenters. The van der Waals surface area contributed by atoms with Gasteiger partial charge in [0.05, 0.1) is 7.11 Å². The normalized spacial score (nSPS) is 11.8. The minimum absolute atomic E-state index is 0.258. The predicted molar refractivity (Wildman–Crippen MR) is 72.0 cm³/mol. The van der Waals surface area contributed by atoms with Crippen LogP contribution in [0.3, 0.4) is 0 Å². The molecule has 0 saturated heterocycles. The first-order valence-corrected chi connectivity index (χ1v) is 6.01. The molecular formula is C13H21N3O2. The van der Waals surface area contributed by atoms with Crippen LogP contribution in [0.15, 0.2) is 29.4 Å². The molecule has 0 aliphatic rings. The van der Waals surface area contributed by atoms with Crippen molar-refractivity contribution in [2.75, 3.05) is 20.2 Å². The molecule has 1 aromatic rings. The maximum Gasteiger partial charge on any atom is 0.140 e. The van der Waals surface area contributed by atoms with Crippen LogP contribution in [0.1, 0.15) is 18.9 Å². The van der Waals surface area contributed by atoms with E-state index in [0.29, 0.717) is 6.42 Å². The van der Waals surface area contributed by atoms with Crippen molar-refractivity contribution in [1.29, 1.82) is 0 Å². The molecule has 1 rings (SSSR count). The van der Waals surface area contributed by atoms with Gasteiger partial charge in [0.1, 0.15) is 11.6 Å². The number of rotatable bonds is 7. The Kier molecular flexibility index (Phi) is 6.00. The highest BCUT2D eigenvalue weighted by molar-refractivity contribution is 5.79. The van der Waals surface area contributed by atoms with E-state index in [9.17, 15) is 0 Å². The first-order valence-electron chi connectivity index (χ1n) is 6.01. The summed E-state index contributed by atoms with van der Waals surface area (Å²) in [5, 5.41) is 11.5. The third kappa shape index (κ3) is 4.25. The van der Waals surface area contributed by atoms with Crippen molar-refractivity contribution in [3.63, 3.8) is 0 Å². The summed E-state index contributed by atoms with van der Waals surface area (Å²) < 4.78 is 5.32. The number of oxime groups is 1. The van der Waals surface area contributed by atoms with Crippen LogP contribution in [0.5, 0.6) is 5.75 Å². The van der Waals surface area contributed by atoms with E-state index in [1.54, 1.807) is 7.11 Å². The lowest BCUT2D eigenvalue weighted by Crippen LogP contribution is -2.28. The van der Waals surface area contributed by atoms with Gasteiger partial charge in [0.25, 0.3) is 0 Å². The maximum atomic E-state index is 8.52. The number of methoxy groups -OCH3 is 1. The highest BCUT2D eigenvalue weighted by Gasteiger charge is 2.08. The van der Waals surface area contributed by atoms with E-state index in [1.807, 2.05) is 24.3 Å². The molecule has 0 radical (unpaired) electrons. The Morgan fingerprint density at radius 1 is 1.44 bits per heavy atom. The minimum atomic E-state index is 0.258. The third-order valence-electron chi connectivity index (χ3n) is 2.85. The lowest BCUT2D eigenvalue weighted by atomic mass is 10.2. The minimum Gasteiger partial charge on any atom is -0.496 e. The number of hydrogen-bond donors (Lipinski definition) is 2. The van der Waals surface area contributed by atoms with E-state index in [-0.39, 0.29) is 5.84 Å². The van der Waals surface area contributed by atoms with Crippen molar-refractivity contribution in [2.24, 2.45) is 10.9 Å². The van der Waals surface area contributed by atoms with Gasteiger partial charge in [-0.2, -0.15) is 0 Å². The van der Waals surface area contributed by atoms with E-state index >= 15 is 0 Å². The molecule has 3 N–H and O–H groups in total. The summed E-state index contributed by atoms with van der Waals surface area (Å²) in [4.78, 5) is 2.22. The van der Waals surface area contributed by atoms with E-state index in [4.69, 9.17) is 15.7 Å². The molecule has 0 amide bonds. The molecule has 1 aromatic carbocycles. The van der Waals surface area contributed by atoms with Crippen molar-refractivity contribution in [3.05, 3.63) is 29.8 Å². The first-order chi connectivity index (χ1) is 8.71. The fraction of sp³-hybridized carbons (Fsp3) is 0.462. The van der Waals surface area contributed by atoms with Gasteiger partial charge < -0.3 is 15.7 Å². The fourth-order valence-electron chi connectivity index (χ4n) is 1.75. The Morgan fingerprint density at radius 2 is 2.17 bits per heavy atom. The Hall–Kier alpha value is -1.75. The molecule has 0 aromatic heterocycles. The van der Waals surface area contributed by atoms with Gasteiger partial charge in [-0.25, -0.2) is 0 Å². The summed E-state index contributed by atoms with van der Waals surface area (Å²) in [5.74, 6) is 1.15. The zero-order chi connectivity index (χ0) is 13.4. The molecular weight excluding hydrogens is 230 g/mol. The quantitative estimate of drug-likeness (QED) is 0.334. The van der Waals surface area contributed by atoms with Gasteiger partial charge in [-0.15, -0.1) is 0 Å². The Labute approximate surface area is 108 Å². The van der Waals surface area contributed by atoms with Gasteiger partial charge in [0.15, 0.2) is 0 Å². The maximum absolute atomic E-state index is 8.52. The summed E-state index contributed by atoms with van der Waals surface area (Å²) in [6.45, 7) is 4.53.